The third-order valence-corrected chi connectivity index (χ3v) is 5.30. The number of rotatable bonds is 4. The van der Waals surface area contributed by atoms with E-state index in [1.165, 1.54) is 5.57 Å². The summed E-state index contributed by atoms with van der Waals surface area (Å²) in [6.45, 7) is 6.21. The lowest BCUT2D eigenvalue weighted by molar-refractivity contribution is 0.0185. The molecule has 0 aromatic heterocycles. The Morgan fingerprint density at radius 3 is 2.70 bits per heavy atom. The van der Waals surface area contributed by atoms with E-state index in [1.54, 1.807) is 7.11 Å². The molecule has 0 spiro atoms. The highest BCUT2D eigenvalue weighted by molar-refractivity contribution is 5.77. The quantitative estimate of drug-likeness (QED) is 0.849. The predicted octanol–water partition coefficient (Wildman–Crippen LogP) is 4.66. The normalized spacial score (nSPS) is 25.3. The summed E-state index contributed by atoms with van der Waals surface area (Å²) < 4.78 is 5.43. The topological polar surface area (TPSA) is 41.5 Å². The third kappa shape index (κ3) is 3.36. The molecule has 1 saturated carbocycles. The summed E-state index contributed by atoms with van der Waals surface area (Å²) in [6.07, 6.45) is 7.28. The maximum Gasteiger partial charge on any atom is 0.0818 e. The Balaban J connectivity index is 1.78. The number of aliphatic hydroxyl groups is 1. The van der Waals surface area contributed by atoms with Gasteiger partial charge in [0.15, 0.2) is 0 Å². The van der Waals surface area contributed by atoms with E-state index in [4.69, 9.17) is 4.74 Å². The summed E-state index contributed by atoms with van der Waals surface area (Å²) in [7, 11) is 1.78. The zero-order valence-electron chi connectivity index (χ0n) is 14.1. The van der Waals surface area contributed by atoms with Crippen LogP contribution in [0.3, 0.4) is 0 Å². The van der Waals surface area contributed by atoms with Crippen LogP contribution in [0.1, 0.15) is 56.3 Å². The molecule has 2 N–H and O–H groups in total. The van der Waals surface area contributed by atoms with E-state index in [1.807, 2.05) is 6.07 Å². The first-order chi connectivity index (χ1) is 11.1. The zero-order chi connectivity index (χ0) is 16.4. The van der Waals surface area contributed by atoms with Crippen LogP contribution in [0.5, 0.6) is 0 Å². The second-order valence-electron chi connectivity index (χ2n) is 6.69. The van der Waals surface area contributed by atoms with E-state index in [9.17, 15) is 5.11 Å². The van der Waals surface area contributed by atoms with E-state index in [0.717, 1.165) is 54.6 Å². The molecule has 3 rings (SSSR count). The first-order valence-corrected chi connectivity index (χ1v) is 8.64. The number of hydrogen-bond donors (Lipinski definition) is 2. The average Bonchev–Trinajstić information content (AvgIpc) is 2.60. The molecule has 2 aliphatic rings. The molecule has 1 aromatic carbocycles. The SMILES string of the molecule is C=C1Nc2ccc(C(O)C3CCC(OC)CC3)cc2C=C1CC. The number of aliphatic hydroxyl groups excluding tert-OH is 1. The van der Waals surface area contributed by atoms with Crippen molar-refractivity contribution < 1.29 is 9.84 Å². The Bertz CT molecular complexity index is 612. The van der Waals surface area contributed by atoms with Crippen molar-refractivity contribution in [1.29, 1.82) is 0 Å². The van der Waals surface area contributed by atoms with Gasteiger partial charge in [-0.3, -0.25) is 0 Å². The van der Waals surface area contributed by atoms with Crippen molar-refractivity contribution in [1.82, 2.24) is 0 Å². The Morgan fingerprint density at radius 2 is 2.04 bits per heavy atom. The summed E-state index contributed by atoms with van der Waals surface area (Å²) >= 11 is 0. The number of allylic oxidation sites excluding steroid dienone is 1. The fourth-order valence-corrected chi connectivity index (χ4v) is 3.74. The number of hydrogen-bond acceptors (Lipinski definition) is 3. The molecule has 23 heavy (non-hydrogen) atoms. The van der Waals surface area contributed by atoms with Gasteiger partial charge in [-0.05, 0) is 72.9 Å². The molecule has 3 nitrogen and oxygen atoms in total. The number of fused-ring (bicyclic) bond motifs is 1. The molecule has 1 aliphatic carbocycles. The van der Waals surface area contributed by atoms with Crippen molar-refractivity contribution in [2.45, 2.75) is 51.2 Å². The van der Waals surface area contributed by atoms with Gasteiger partial charge in [-0.1, -0.05) is 19.6 Å². The molecule has 0 saturated heterocycles. The minimum absolute atomic E-state index is 0.334. The smallest absolute Gasteiger partial charge is 0.0818 e. The Kier molecular flexibility index (Phi) is 4.88. The van der Waals surface area contributed by atoms with Gasteiger partial charge in [-0.2, -0.15) is 0 Å². The molecule has 1 aliphatic heterocycles. The maximum absolute atomic E-state index is 10.8. The lowest BCUT2D eigenvalue weighted by Crippen LogP contribution is -2.24. The van der Waals surface area contributed by atoms with Gasteiger partial charge < -0.3 is 15.2 Å². The van der Waals surface area contributed by atoms with Crippen molar-refractivity contribution >= 4 is 11.8 Å². The fraction of sp³-hybridized carbons (Fsp3) is 0.500. The molecule has 1 fully saturated rings. The van der Waals surface area contributed by atoms with Crippen LogP contribution in [0.15, 0.2) is 36.0 Å². The summed E-state index contributed by atoms with van der Waals surface area (Å²) in [5, 5.41) is 14.1. The summed E-state index contributed by atoms with van der Waals surface area (Å²) in [5.41, 5.74) is 5.45. The Morgan fingerprint density at radius 1 is 1.30 bits per heavy atom. The maximum atomic E-state index is 10.8. The van der Waals surface area contributed by atoms with E-state index in [-0.39, 0.29) is 6.10 Å². The van der Waals surface area contributed by atoms with Gasteiger partial charge in [0.25, 0.3) is 0 Å². The van der Waals surface area contributed by atoms with Gasteiger partial charge in [0.1, 0.15) is 0 Å². The molecule has 0 amide bonds. The van der Waals surface area contributed by atoms with Crippen LogP contribution in [-0.2, 0) is 4.74 Å². The third-order valence-electron chi connectivity index (χ3n) is 5.30. The lowest BCUT2D eigenvalue weighted by atomic mass is 9.81. The monoisotopic (exact) mass is 313 g/mol. The highest BCUT2D eigenvalue weighted by atomic mass is 16.5. The van der Waals surface area contributed by atoms with Crippen molar-refractivity contribution in [3.05, 3.63) is 47.2 Å². The molecule has 1 heterocycles. The van der Waals surface area contributed by atoms with Crippen LogP contribution in [0, 0.1) is 5.92 Å². The predicted molar refractivity (Wildman–Crippen MR) is 95.2 cm³/mol. The van der Waals surface area contributed by atoms with Gasteiger partial charge in [0.05, 0.1) is 12.2 Å². The summed E-state index contributed by atoms with van der Waals surface area (Å²) in [4.78, 5) is 0. The second-order valence-corrected chi connectivity index (χ2v) is 6.69. The average molecular weight is 313 g/mol. The van der Waals surface area contributed by atoms with E-state index in [2.05, 4.69) is 37.0 Å². The van der Waals surface area contributed by atoms with Crippen molar-refractivity contribution in [2.24, 2.45) is 5.92 Å². The van der Waals surface area contributed by atoms with Crippen LogP contribution in [-0.4, -0.2) is 18.3 Å². The van der Waals surface area contributed by atoms with Crippen LogP contribution in [0.25, 0.3) is 6.08 Å². The second kappa shape index (κ2) is 6.90. The number of methoxy groups -OCH3 is 1. The van der Waals surface area contributed by atoms with Gasteiger partial charge in [-0.15, -0.1) is 0 Å². The van der Waals surface area contributed by atoms with Crippen molar-refractivity contribution in [3.63, 3.8) is 0 Å². The molecule has 1 aromatic rings. The highest BCUT2D eigenvalue weighted by Gasteiger charge is 2.27. The van der Waals surface area contributed by atoms with E-state index >= 15 is 0 Å². The molecule has 124 valence electrons. The van der Waals surface area contributed by atoms with Gasteiger partial charge in [0, 0.05) is 18.5 Å². The fourth-order valence-electron chi connectivity index (χ4n) is 3.74. The zero-order valence-corrected chi connectivity index (χ0v) is 14.1. The van der Waals surface area contributed by atoms with E-state index < -0.39 is 0 Å². The van der Waals surface area contributed by atoms with Crippen LogP contribution >= 0.6 is 0 Å². The first kappa shape index (κ1) is 16.3. The van der Waals surface area contributed by atoms with E-state index in [0.29, 0.717) is 12.0 Å². The molecule has 1 unspecified atom stereocenters. The van der Waals surface area contributed by atoms with Gasteiger partial charge >= 0.3 is 0 Å². The highest BCUT2D eigenvalue weighted by Crippen LogP contribution is 2.38. The van der Waals surface area contributed by atoms with Gasteiger partial charge in [0.2, 0.25) is 0 Å². The number of anilines is 1. The minimum Gasteiger partial charge on any atom is -0.388 e. The molecular weight excluding hydrogens is 286 g/mol. The molecule has 3 heteroatoms. The molecular formula is C20H27NO2. The molecule has 0 bridgehead atoms. The Hall–Kier alpha value is -1.58. The number of benzene rings is 1. The number of nitrogens with one attached hydrogen (secondary N) is 1. The van der Waals surface area contributed by atoms with Crippen LogP contribution in [0.2, 0.25) is 0 Å². The number of ether oxygens (including phenoxy) is 1. The first-order valence-electron chi connectivity index (χ1n) is 8.64. The lowest BCUT2D eigenvalue weighted by Gasteiger charge is -2.31. The van der Waals surface area contributed by atoms with Crippen LogP contribution < -0.4 is 5.32 Å². The Labute approximate surface area is 139 Å². The minimum atomic E-state index is -0.387. The van der Waals surface area contributed by atoms with Crippen LogP contribution in [0.4, 0.5) is 5.69 Å². The largest absolute Gasteiger partial charge is 0.388 e. The summed E-state index contributed by atoms with van der Waals surface area (Å²) in [5.74, 6) is 0.334. The molecule has 1 atom stereocenters. The summed E-state index contributed by atoms with van der Waals surface area (Å²) in [6, 6.07) is 6.22. The van der Waals surface area contributed by atoms with Crippen molar-refractivity contribution in [3.8, 4) is 0 Å². The van der Waals surface area contributed by atoms with Crippen molar-refractivity contribution in [2.75, 3.05) is 12.4 Å². The standard InChI is InChI=1S/C20H27NO2/c1-4-14-11-17-12-16(7-10-19(17)21-13(14)2)20(22)15-5-8-18(23-3)9-6-15/h7,10-12,15,18,20-22H,2,4-6,8-9H2,1,3H3. The molecule has 0 radical (unpaired) electrons. The van der Waals surface area contributed by atoms with Gasteiger partial charge in [-0.25, -0.2) is 0 Å².